The summed E-state index contributed by atoms with van der Waals surface area (Å²) < 4.78 is 27.3. The van der Waals surface area contributed by atoms with Gasteiger partial charge in [-0.05, 0) is 17.7 Å². The van der Waals surface area contributed by atoms with Crippen LogP contribution in [0.4, 0.5) is 8.78 Å². The summed E-state index contributed by atoms with van der Waals surface area (Å²) in [5.74, 6) is -3.90. The van der Waals surface area contributed by atoms with Gasteiger partial charge in [-0.3, -0.25) is 23.9 Å². The fourth-order valence-electron chi connectivity index (χ4n) is 2.20. The minimum absolute atomic E-state index is 0.165. The normalized spacial score (nSPS) is 10.5. The predicted octanol–water partition coefficient (Wildman–Crippen LogP) is 0.318. The summed E-state index contributed by atoms with van der Waals surface area (Å²) in [6.45, 7) is -0.800. The van der Waals surface area contributed by atoms with E-state index in [1.165, 1.54) is 6.07 Å². The molecule has 138 valence electrons. The maximum atomic E-state index is 13.3. The summed E-state index contributed by atoms with van der Waals surface area (Å²) in [6, 6.07) is 4.14. The molecule has 2 N–H and O–H groups in total. The number of nitrogens with one attached hydrogen (secondary N) is 1. The van der Waals surface area contributed by atoms with Crippen molar-refractivity contribution in [1.29, 1.82) is 0 Å². The predicted molar refractivity (Wildman–Crippen MR) is 85.4 cm³/mol. The van der Waals surface area contributed by atoms with E-state index in [1.807, 2.05) is 4.98 Å². The highest BCUT2D eigenvalue weighted by Crippen LogP contribution is 2.12. The van der Waals surface area contributed by atoms with Gasteiger partial charge in [0.1, 0.15) is 6.54 Å². The van der Waals surface area contributed by atoms with E-state index in [0.29, 0.717) is 0 Å². The highest BCUT2D eigenvalue weighted by Gasteiger charge is 2.17. The van der Waals surface area contributed by atoms with Crippen LogP contribution in [-0.4, -0.2) is 38.0 Å². The van der Waals surface area contributed by atoms with Crippen molar-refractivity contribution in [3.63, 3.8) is 0 Å². The number of halogens is 2. The molecule has 0 aliphatic rings. The molecule has 0 radical (unpaired) electrons. The average molecular weight is 367 g/mol. The van der Waals surface area contributed by atoms with Crippen molar-refractivity contribution < 1.29 is 23.5 Å². The number of hydrogen-bond donors (Lipinski definition) is 2. The van der Waals surface area contributed by atoms with Crippen LogP contribution in [0.1, 0.15) is 12.0 Å². The molecule has 2 rings (SSSR count). The van der Waals surface area contributed by atoms with Gasteiger partial charge in [0.05, 0.1) is 6.42 Å². The number of carbonyl (C=O) groups excluding carboxylic acids is 1. The summed E-state index contributed by atoms with van der Waals surface area (Å²) in [7, 11) is 0. The van der Waals surface area contributed by atoms with Crippen LogP contribution in [0.15, 0.2) is 40.1 Å². The maximum absolute atomic E-state index is 13.3. The van der Waals surface area contributed by atoms with Crippen molar-refractivity contribution in [3.05, 3.63) is 68.5 Å². The van der Waals surface area contributed by atoms with E-state index in [-0.39, 0.29) is 25.1 Å². The molecule has 2 aromatic rings. The van der Waals surface area contributed by atoms with Crippen LogP contribution in [-0.2, 0) is 22.7 Å². The lowest BCUT2D eigenvalue weighted by Crippen LogP contribution is -2.39. The molecule has 0 aliphatic heterocycles. The lowest BCUT2D eigenvalue weighted by Gasteiger charge is -2.22. The fraction of sp³-hybridized carbons (Fsp3) is 0.250. The van der Waals surface area contributed by atoms with Crippen molar-refractivity contribution in [2.45, 2.75) is 19.5 Å². The van der Waals surface area contributed by atoms with E-state index in [4.69, 9.17) is 5.11 Å². The van der Waals surface area contributed by atoms with Crippen molar-refractivity contribution >= 4 is 11.9 Å². The molecule has 1 aromatic carbocycles. The number of hydrogen-bond acceptors (Lipinski definition) is 4. The van der Waals surface area contributed by atoms with Crippen molar-refractivity contribution in [2.24, 2.45) is 0 Å². The molecule has 1 aromatic heterocycles. The van der Waals surface area contributed by atoms with Gasteiger partial charge >= 0.3 is 11.7 Å². The quantitative estimate of drug-likeness (QED) is 0.732. The second kappa shape index (κ2) is 8.19. The zero-order valence-corrected chi connectivity index (χ0v) is 13.4. The number of rotatable bonds is 7. The molecule has 0 bridgehead atoms. The standard InChI is InChI=1S/C16H15F2N3O5/c17-11-2-1-10(7-12(11)18)8-20(6-4-15(24)25)14(23)9-21-5-3-13(22)19-16(21)26/h1-3,5,7H,4,6,8-9H2,(H,24,25)(H,19,22,26). The van der Waals surface area contributed by atoms with E-state index < -0.39 is 41.3 Å². The summed E-state index contributed by atoms with van der Waals surface area (Å²) in [6.07, 6.45) is 0.766. The van der Waals surface area contributed by atoms with E-state index in [1.54, 1.807) is 0 Å². The van der Waals surface area contributed by atoms with E-state index in [0.717, 1.165) is 33.9 Å². The van der Waals surface area contributed by atoms with Crippen molar-refractivity contribution in [1.82, 2.24) is 14.5 Å². The van der Waals surface area contributed by atoms with Gasteiger partial charge in [0.25, 0.3) is 5.56 Å². The molecule has 26 heavy (non-hydrogen) atoms. The molecule has 1 heterocycles. The Morgan fingerprint density at radius 2 is 1.88 bits per heavy atom. The largest absolute Gasteiger partial charge is 0.481 e. The molecule has 10 heteroatoms. The van der Waals surface area contributed by atoms with Crippen LogP contribution in [0.2, 0.25) is 0 Å². The van der Waals surface area contributed by atoms with Crippen LogP contribution in [0.5, 0.6) is 0 Å². The Bertz CT molecular complexity index is 938. The van der Waals surface area contributed by atoms with Crippen LogP contribution in [0.3, 0.4) is 0 Å². The smallest absolute Gasteiger partial charge is 0.328 e. The number of aromatic nitrogens is 2. The van der Waals surface area contributed by atoms with Gasteiger partial charge in [0, 0.05) is 25.4 Å². The minimum Gasteiger partial charge on any atom is -0.481 e. The summed E-state index contributed by atoms with van der Waals surface area (Å²) in [4.78, 5) is 49.0. The zero-order valence-electron chi connectivity index (χ0n) is 13.4. The van der Waals surface area contributed by atoms with Gasteiger partial charge in [-0.1, -0.05) is 6.07 Å². The number of H-pyrrole nitrogens is 1. The van der Waals surface area contributed by atoms with Gasteiger partial charge in [0.2, 0.25) is 5.91 Å². The third kappa shape index (κ3) is 5.10. The Balaban J connectivity index is 2.20. The molecular weight excluding hydrogens is 352 g/mol. The van der Waals surface area contributed by atoms with E-state index in [2.05, 4.69) is 0 Å². The fourth-order valence-corrected chi connectivity index (χ4v) is 2.20. The molecule has 8 nitrogen and oxygen atoms in total. The number of amides is 1. The Kier molecular flexibility index (Phi) is 5.99. The second-order valence-corrected chi connectivity index (χ2v) is 5.45. The van der Waals surface area contributed by atoms with Gasteiger partial charge in [-0.25, -0.2) is 13.6 Å². The van der Waals surface area contributed by atoms with Crippen molar-refractivity contribution in [3.8, 4) is 0 Å². The Hall–Kier alpha value is -3.30. The van der Waals surface area contributed by atoms with Gasteiger partial charge in [-0.2, -0.15) is 0 Å². The first-order valence-corrected chi connectivity index (χ1v) is 7.49. The van der Waals surface area contributed by atoms with Gasteiger partial charge < -0.3 is 10.0 Å². The summed E-state index contributed by atoms with van der Waals surface area (Å²) >= 11 is 0. The number of benzene rings is 1. The number of aliphatic carboxylic acids is 1. The monoisotopic (exact) mass is 367 g/mol. The molecule has 0 spiro atoms. The third-order valence-electron chi connectivity index (χ3n) is 3.51. The van der Waals surface area contributed by atoms with Crippen LogP contribution in [0.25, 0.3) is 0 Å². The number of carboxylic acids is 1. The number of nitrogens with zero attached hydrogens (tertiary/aromatic N) is 2. The number of aromatic amines is 1. The highest BCUT2D eigenvalue weighted by atomic mass is 19.2. The average Bonchev–Trinajstić information content (AvgIpc) is 2.57. The molecule has 0 saturated heterocycles. The summed E-state index contributed by atoms with van der Waals surface area (Å²) in [5, 5.41) is 8.81. The molecule has 0 saturated carbocycles. The Labute approximate surface area is 145 Å². The molecule has 0 aliphatic carbocycles. The zero-order chi connectivity index (χ0) is 19.3. The number of carbonyl (C=O) groups is 2. The molecule has 0 atom stereocenters. The third-order valence-corrected chi connectivity index (χ3v) is 3.51. The summed E-state index contributed by atoms with van der Waals surface area (Å²) in [5.41, 5.74) is -1.16. The van der Waals surface area contributed by atoms with Crippen LogP contribution in [0, 0.1) is 11.6 Å². The lowest BCUT2D eigenvalue weighted by molar-refractivity contribution is -0.139. The van der Waals surface area contributed by atoms with Crippen LogP contribution < -0.4 is 11.2 Å². The lowest BCUT2D eigenvalue weighted by atomic mass is 10.2. The maximum Gasteiger partial charge on any atom is 0.328 e. The first-order chi connectivity index (χ1) is 12.3. The Morgan fingerprint density at radius 3 is 2.50 bits per heavy atom. The Morgan fingerprint density at radius 1 is 1.15 bits per heavy atom. The van der Waals surface area contributed by atoms with E-state index >= 15 is 0 Å². The molecule has 0 unspecified atom stereocenters. The highest BCUT2D eigenvalue weighted by molar-refractivity contribution is 5.77. The number of carboxylic acid groups (broad SMARTS) is 1. The SMILES string of the molecule is O=C(O)CCN(Cc1ccc(F)c(F)c1)C(=O)Cn1ccc(=O)[nH]c1=O. The van der Waals surface area contributed by atoms with Gasteiger partial charge in [-0.15, -0.1) is 0 Å². The minimum atomic E-state index is -1.14. The topological polar surface area (TPSA) is 112 Å². The first kappa shape index (κ1) is 19.0. The molecular formula is C16H15F2N3O5. The molecule has 1 amide bonds. The van der Waals surface area contributed by atoms with Gasteiger partial charge in [0.15, 0.2) is 11.6 Å². The second-order valence-electron chi connectivity index (χ2n) is 5.45. The van der Waals surface area contributed by atoms with E-state index in [9.17, 15) is 28.0 Å². The first-order valence-electron chi connectivity index (χ1n) is 7.49. The van der Waals surface area contributed by atoms with Crippen LogP contribution >= 0.6 is 0 Å². The molecule has 0 fully saturated rings. The van der Waals surface area contributed by atoms with Crippen molar-refractivity contribution in [2.75, 3.05) is 6.54 Å².